The first kappa shape index (κ1) is 12.0. The van der Waals surface area contributed by atoms with Crippen LogP contribution in [0.2, 0.25) is 0 Å². The van der Waals surface area contributed by atoms with Crippen LogP contribution in [0.5, 0.6) is 11.5 Å². The van der Waals surface area contributed by atoms with Crippen molar-refractivity contribution < 1.29 is 17.9 Å². The molecule has 1 fully saturated rings. The summed E-state index contributed by atoms with van der Waals surface area (Å²) in [5, 5.41) is 0. The zero-order valence-electron chi connectivity index (χ0n) is 9.76. The van der Waals surface area contributed by atoms with E-state index in [1.807, 2.05) is 0 Å². The average molecular weight is 257 g/mol. The van der Waals surface area contributed by atoms with Gasteiger partial charge in [0.25, 0.3) is 0 Å². The van der Waals surface area contributed by atoms with Crippen LogP contribution in [-0.2, 0) is 10.0 Å². The van der Waals surface area contributed by atoms with Crippen molar-refractivity contribution in [3.05, 3.63) is 18.2 Å². The van der Waals surface area contributed by atoms with Crippen molar-refractivity contribution in [1.82, 2.24) is 0 Å². The quantitative estimate of drug-likeness (QED) is 0.870. The topological polar surface area (TPSA) is 64.6 Å². The second-order valence-corrected chi connectivity index (χ2v) is 5.77. The normalized spacial score (nSPS) is 15.4. The monoisotopic (exact) mass is 257 g/mol. The molecule has 0 aliphatic heterocycles. The molecule has 1 aromatic rings. The molecule has 1 saturated carbocycles. The van der Waals surface area contributed by atoms with Gasteiger partial charge in [-0.2, -0.15) is 0 Å². The maximum absolute atomic E-state index is 11.3. The lowest BCUT2D eigenvalue weighted by Gasteiger charge is -2.14. The summed E-state index contributed by atoms with van der Waals surface area (Å²) in [5.74, 6) is 0.964. The second-order valence-electron chi connectivity index (χ2n) is 4.02. The Morgan fingerprint density at radius 1 is 1.29 bits per heavy atom. The Bertz CT molecular complexity index is 508. The first-order valence-corrected chi connectivity index (χ1v) is 7.20. The predicted molar refractivity (Wildman–Crippen MR) is 65.1 cm³/mol. The maximum atomic E-state index is 11.3. The summed E-state index contributed by atoms with van der Waals surface area (Å²) < 4.78 is 35.8. The summed E-state index contributed by atoms with van der Waals surface area (Å²) in [6.45, 7) is 0. The highest BCUT2D eigenvalue weighted by atomic mass is 32.2. The van der Waals surface area contributed by atoms with Gasteiger partial charge in [0.1, 0.15) is 17.2 Å². The van der Waals surface area contributed by atoms with Gasteiger partial charge in [-0.05, 0) is 25.0 Å². The minimum atomic E-state index is -3.36. The Labute approximate surface area is 101 Å². The van der Waals surface area contributed by atoms with Gasteiger partial charge in [-0.15, -0.1) is 0 Å². The molecule has 0 radical (unpaired) electrons. The van der Waals surface area contributed by atoms with Crippen molar-refractivity contribution in [2.45, 2.75) is 18.9 Å². The molecule has 0 spiro atoms. The fraction of sp³-hybridized carbons (Fsp3) is 0.455. The van der Waals surface area contributed by atoms with E-state index in [1.165, 1.54) is 7.11 Å². The van der Waals surface area contributed by atoms with Crippen LogP contribution in [0, 0.1) is 0 Å². The van der Waals surface area contributed by atoms with E-state index in [2.05, 4.69) is 4.72 Å². The Morgan fingerprint density at radius 3 is 2.47 bits per heavy atom. The molecule has 94 valence electrons. The van der Waals surface area contributed by atoms with Crippen LogP contribution >= 0.6 is 0 Å². The molecule has 0 unspecified atom stereocenters. The Morgan fingerprint density at radius 2 is 1.94 bits per heavy atom. The van der Waals surface area contributed by atoms with Crippen LogP contribution < -0.4 is 14.2 Å². The van der Waals surface area contributed by atoms with Gasteiger partial charge in [0, 0.05) is 0 Å². The SMILES string of the molecule is COc1cccc(OC2CC2)c1NS(C)(=O)=O. The van der Waals surface area contributed by atoms with Crippen molar-refractivity contribution in [3.63, 3.8) is 0 Å². The number of benzene rings is 1. The van der Waals surface area contributed by atoms with E-state index in [0.717, 1.165) is 19.1 Å². The van der Waals surface area contributed by atoms with Gasteiger partial charge in [-0.3, -0.25) is 4.72 Å². The van der Waals surface area contributed by atoms with Crippen LogP contribution in [0.15, 0.2) is 18.2 Å². The standard InChI is InChI=1S/C11H15NO4S/c1-15-9-4-3-5-10(16-8-6-7-8)11(9)12-17(2,13)14/h3-5,8,12H,6-7H2,1-2H3. The molecule has 1 aliphatic rings. The molecule has 0 aromatic heterocycles. The lowest BCUT2D eigenvalue weighted by Crippen LogP contribution is -2.12. The van der Waals surface area contributed by atoms with Crippen LogP contribution in [0.4, 0.5) is 5.69 Å². The van der Waals surface area contributed by atoms with Crippen LogP contribution in [0.1, 0.15) is 12.8 Å². The van der Waals surface area contributed by atoms with Gasteiger partial charge in [0.05, 0.1) is 19.5 Å². The Balaban J connectivity index is 2.35. The molecule has 1 aromatic carbocycles. The lowest BCUT2D eigenvalue weighted by molar-refractivity contribution is 0.303. The molecule has 5 nitrogen and oxygen atoms in total. The molecule has 1 aliphatic carbocycles. The van der Waals surface area contributed by atoms with Crippen molar-refractivity contribution in [1.29, 1.82) is 0 Å². The highest BCUT2D eigenvalue weighted by Gasteiger charge is 2.26. The third-order valence-electron chi connectivity index (χ3n) is 2.31. The maximum Gasteiger partial charge on any atom is 0.230 e. The molecule has 0 atom stereocenters. The minimum absolute atomic E-state index is 0.196. The van der Waals surface area contributed by atoms with Gasteiger partial charge in [-0.25, -0.2) is 8.42 Å². The predicted octanol–water partition coefficient (Wildman–Crippen LogP) is 1.61. The van der Waals surface area contributed by atoms with Crippen LogP contribution in [-0.4, -0.2) is 27.9 Å². The van der Waals surface area contributed by atoms with Crippen molar-refractivity contribution in [3.8, 4) is 11.5 Å². The van der Waals surface area contributed by atoms with E-state index in [9.17, 15) is 8.42 Å². The third kappa shape index (κ3) is 3.26. The number of methoxy groups -OCH3 is 1. The van der Waals surface area contributed by atoms with Gasteiger partial charge in [-0.1, -0.05) is 6.07 Å². The highest BCUT2D eigenvalue weighted by molar-refractivity contribution is 7.92. The smallest absolute Gasteiger partial charge is 0.230 e. The van der Waals surface area contributed by atoms with Crippen molar-refractivity contribution in [2.24, 2.45) is 0 Å². The number of para-hydroxylation sites is 1. The number of nitrogens with one attached hydrogen (secondary N) is 1. The summed E-state index contributed by atoms with van der Waals surface area (Å²) in [7, 11) is -1.87. The van der Waals surface area contributed by atoms with Gasteiger partial charge in [0.15, 0.2) is 0 Å². The number of anilines is 1. The molecule has 1 N–H and O–H groups in total. The molecule has 0 amide bonds. The molecule has 0 heterocycles. The van der Waals surface area contributed by atoms with Gasteiger partial charge < -0.3 is 9.47 Å². The number of ether oxygens (including phenoxy) is 2. The third-order valence-corrected chi connectivity index (χ3v) is 2.89. The summed E-state index contributed by atoms with van der Waals surface area (Å²) >= 11 is 0. The molecule has 17 heavy (non-hydrogen) atoms. The highest BCUT2D eigenvalue weighted by Crippen LogP contribution is 2.38. The summed E-state index contributed by atoms with van der Waals surface area (Å²) in [6.07, 6.45) is 3.31. The number of rotatable bonds is 5. The van der Waals surface area contributed by atoms with E-state index in [1.54, 1.807) is 18.2 Å². The van der Waals surface area contributed by atoms with Gasteiger partial charge in [0.2, 0.25) is 10.0 Å². The fourth-order valence-corrected chi connectivity index (χ4v) is 2.00. The lowest BCUT2D eigenvalue weighted by atomic mass is 10.3. The van der Waals surface area contributed by atoms with Crippen LogP contribution in [0.3, 0.4) is 0 Å². The average Bonchev–Trinajstić information content (AvgIpc) is 3.02. The van der Waals surface area contributed by atoms with Crippen LogP contribution in [0.25, 0.3) is 0 Å². The van der Waals surface area contributed by atoms with Gasteiger partial charge >= 0.3 is 0 Å². The van der Waals surface area contributed by atoms with E-state index >= 15 is 0 Å². The number of sulfonamides is 1. The number of hydrogen-bond acceptors (Lipinski definition) is 4. The van der Waals surface area contributed by atoms with Crippen molar-refractivity contribution in [2.75, 3.05) is 18.1 Å². The molecular weight excluding hydrogens is 242 g/mol. The molecule has 0 saturated heterocycles. The van der Waals surface area contributed by atoms with E-state index in [4.69, 9.17) is 9.47 Å². The first-order valence-electron chi connectivity index (χ1n) is 5.31. The summed E-state index contributed by atoms with van der Waals surface area (Å²) in [5.41, 5.74) is 0.365. The largest absolute Gasteiger partial charge is 0.494 e. The van der Waals surface area contributed by atoms with E-state index in [-0.39, 0.29) is 6.10 Å². The number of hydrogen-bond donors (Lipinski definition) is 1. The zero-order chi connectivity index (χ0) is 12.5. The van der Waals surface area contributed by atoms with E-state index in [0.29, 0.717) is 17.2 Å². The van der Waals surface area contributed by atoms with E-state index < -0.39 is 10.0 Å². The Kier molecular flexibility index (Phi) is 3.15. The minimum Gasteiger partial charge on any atom is -0.494 e. The first-order chi connectivity index (χ1) is 7.99. The summed E-state index contributed by atoms with van der Waals surface area (Å²) in [4.78, 5) is 0. The Hall–Kier alpha value is -1.43. The van der Waals surface area contributed by atoms with Crippen molar-refractivity contribution >= 4 is 15.7 Å². The molecule has 2 rings (SSSR count). The molecule has 0 bridgehead atoms. The summed E-state index contributed by atoms with van der Waals surface area (Å²) in [6, 6.07) is 5.19. The molecular formula is C11H15NO4S. The second kappa shape index (κ2) is 4.44. The zero-order valence-corrected chi connectivity index (χ0v) is 10.6. The molecule has 6 heteroatoms. The fourth-order valence-electron chi connectivity index (χ4n) is 1.43.